The zero-order valence-electron chi connectivity index (χ0n) is 16.6. The van der Waals surface area contributed by atoms with Crippen LogP contribution in [0.15, 0.2) is 36.5 Å². The van der Waals surface area contributed by atoms with Crippen LogP contribution in [0.4, 0.5) is 11.8 Å². The molecule has 3 heterocycles. The molecule has 0 bridgehead atoms. The molecule has 2 N–H and O–H groups in total. The van der Waals surface area contributed by atoms with Crippen LogP contribution in [-0.4, -0.2) is 52.2 Å². The van der Waals surface area contributed by atoms with Crippen molar-refractivity contribution >= 4 is 11.8 Å². The molecule has 0 atom stereocenters. The van der Waals surface area contributed by atoms with Crippen LogP contribution in [0.3, 0.4) is 0 Å². The third-order valence-electron chi connectivity index (χ3n) is 5.88. The Hall–Kier alpha value is -2.34. The maximum absolute atomic E-state index is 9.98. The van der Waals surface area contributed by atoms with Crippen molar-refractivity contribution in [1.29, 1.82) is 0 Å². The van der Waals surface area contributed by atoms with Crippen molar-refractivity contribution < 1.29 is 5.11 Å². The van der Waals surface area contributed by atoms with Gasteiger partial charge in [-0.3, -0.25) is 4.90 Å². The van der Waals surface area contributed by atoms with Crippen LogP contribution in [0.5, 0.6) is 5.75 Å². The molecule has 28 heavy (non-hydrogen) atoms. The molecular weight excluding hydrogens is 350 g/mol. The van der Waals surface area contributed by atoms with Gasteiger partial charge in [-0.1, -0.05) is 31.0 Å². The highest BCUT2D eigenvalue weighted by Gasteiger charge is 2.21. The molecule has 6 heteroatoms. The summed E-state index contributed by atoms with van der Waals surface area (Å²) in [5, 5.41) is 13.5. The van der Waals surface area contributed by atoms with Crippen LogP contribution in [0.25, 0.3) is 0 Å². The Balaban J connectivity index is 1.30. The van der Waals surface area contributed by atoms with E-state index in [-0.39, 0.29) is 0 Å². The van der Waals surface area contributed by atoms with E-state index in [1.165, 1.54) is 25.7 Å². The number of phenols is 1. The van der Waals surface area contributed by atoms with E-state index >= 15 is 0 Å². The van der Waals surface area contributed by atoms with E-state index in [1.54, 1.807) is 6.07 Å². The predicted molar refractivity (Wildman–Crippen MR) is 113 cm³/mol. The van der Waals surface area contributed by atoms with E-state index in [0.717, 1.165) is 62.9 Å². The van der Waals surface area contributed by atoms with Gasteiger partial charge in [0.05, 0.1) is 0 Å². The normalized spacial score (nSPS) is 19.4. The Morgan fingerprint density at radius 1 is 0.964 bits per heavy atom. The lowest BCUT2D eigenvalue weighted by Crippen LogP contribution is -2.39. The molecule has 1 aromatic carbocycles. The van der Waals surface area contributed by atoms with Crippen molar-refractivity contribution in [2.24, 2.45) is 0 Å². The van der Waals surface area contributed by atoms with Gasteiger partial charge >= 0.3 is 0 Å². The third-order valence-corrected chi connectivity index (χ3v) is 5.88. The largest absolute Gasteiger partial charge is 0.508 e. The summed E-state index contributed by atoms with van der Waals surface area (Å²) in [6.07, 6.45) is 9.15. The van der Waals surface area contributed by atoms with E-state index in [0.29, 0.717) is 11.8 Å². The Bertz CT molecular complexity index is 752. The number of para-hydroxylation sites is 1. The summed E-state index contributed by atoms with van der Waals surface area (Å²) in [4.78, 5) is 14.0. The maximum Gasteiger partial charge on any atom is 0.224 e. The number of hydrogen-bond donors (Lipinski definition) is 2. The predicted octanol–water partition coefficient (Wildman–Crippen LogP) is 3.64. The molecule has 2 fully saturated rings. The van der Waals surface area contributed by atoms with E-state index in [4.69, 9.17) is 4.98 Å². The maximum atomic E-state index is 9.98. The highest BCUT2D eigenvalue weighted by atomic mass is 16.3. The summed E-state index contributed by atoms with van der Waals surface area (Å²) >= 11 is 0. The van der Waals surface area contributed by atoms with Crippen molar-refractivity contribution in [3.8, 4) is 5.75 Å². The minimum absolute atomic E-state index is 0.390. The Morgan fingerprint density at radius 3 is 2.46 bits per heavy atom. The summed E-state index contributed by atoms with van der Waals surface area (Å²) in [6, 6.07) is 10.1. The second kappa shape index (κ2) is 9.24. The number of rotatable bonds is 5. The number of phenolic OH excluding ortho intramolecular Hbond substituents is 1. The lowest BCUT2D eigenvalue weighted by molar-refractivity contribution is 0.209. The number of anilines is 2. The number of aromatic hydroxyl groups is 1. The zero-order valence-corrected chi connectivity index (χ0v) is 16.6. The summed E-state index contributed by atoms with van der Waals surface area (Å²) in [6.45, 7) is 5.03. The van der Waals surface area contributed by atoms with E-state index in [1.807, 2.05) is 30.5 Å². The van der Waals surface area contributed by atoms with Gasteiger partial charge in [-0.25, -0.2) is 4.98 Å². The van der Waals surface area contributed by atoms with Crippen LogP contribution in [-0.2, 0) is 6.54 Å². The fourth-order valence-corrected chi connectivity index (χ4v) is 4.20. The van der Waals surface area contributed by atoms with Gasteiger partial charge in [-0.15, -0.1) is 0 Å². The molecule has 0 spiro atoms. The molecule has 0 radical (unpaired) electrons. The second-order valence-corrected chi connectivity index (χ2v) is 7.96. The van der Waals surface area contributed by atoms with Crippen molar-refractivity contribution in [3.63, 3.8) is 0 Å². The van der Waals surface area contributed by atoms with Gasteiger partial charge in [0, 0.05) is 50.5 Å². The lowest BCUT2D eigenvalue weighted by atomic mass is 10.0. The van der Waals surface area contributed by atoms with Crippen LogP contribution >= 0.6 is 0 Å². The molecular formula is C22H31N5O. The van der Waals surface area contributed by atoms with Gasteiger partial charge in [-0.2, -0.15) is 4.98 Å². The van der Waals surface area contributed by atoms with Crippen molar-refractivity contribution in [3.05, 3.63) is 42.1 Å². The quantitative estimate of drug-likeness (QED) is 0.824. The minimum atomic E-state index is 0.390. The summed E-state index contributed by atoms with van der Waals surface area (Å²) in [7, 11) is 0. The van der Waals surface area contributed by atoms with Crippen LogP contribution in [0.1, 0.15) is 44.1 Å². The molecule has 2 aliphatic rings. The average Bonchev–Trinajstić information content (AvgIpc) is 3.01. The first-order valence-electron chi connectivity index (χ1n) is 10.6. The molecule has 150 valence electrons. The molecule has 4 rings (SSSR count). The van der Waals surface area contributed by atoms with Gasteiger partial charge in [0.2, 0.25) is 5.95 Å². The zero-order chi connectivity index (χ0) is 19.2. The van der Waals surface area contributed by atoms with Gasteiger partial charge in [0.25, 0.3) is 0 Å². The Morgan fingerprint density at radius 2 is 1.71 bits per heavy atom. The SMILES string of the molecule is Oc1ccccc1CN1CCC(Nc2nccc(N3CCCCCC3)n2)CC1. The topological polar surface area (TPSA) is 64.5 Å². The van der Waals surface area contributed by atoms with Crippen molar-refractivity contribution in [1.82, 2.24) is 14.9 Å². The first kappa shape index (κ1) is 19.0. The number of benzene rings is 1. The van der Waals surface area contributed by atoms with E-state index in [9.17, 15) is 5.11 Å². The standard InChI is InChI=1S/C22H31N5O/c28-20-8-4-3-7-18(20)17-26-15-10-19(11-16-26)24-22-23-12-9-21(25-22)27-13-5-1-2-6-14-27/h3-4,7-9,12,19,28H,1-2,5-6,10-11,13-17H2,(H,23,24,25). The highest BCUT2D eigenvalue weighted by Crippen LogP contribution is 2.22. The molecule has 2 saturated heterocycles. The highest BCUT2D eigenvalue weighted by molar-refractivity contribution is 5.43. The molecule has 1 aromatic heterocycles. The third kappa shape index (κ3) is 4.93. The second-order valence-electron chi connectivity index (χ2n) is 7.96. The summed E-state index contributed by atoms with van der Waals surface area (Å²) in [5.74, 6) is 2.19. The summed E-state index contributed by atoms with van der Waals surface area (Å²) in [5.41, 5.74) is 1.00. The first-order chi connectivity index (χ1) is 13.8. The monoisotopic (exact) mass is 381 g/mol. The number of aromatic nitrogens is 2. The molecule has 0 saturated carbocycles. The fourth-order valence-electron chi connectivity index (χ4n) is 4.20. The molecule has 0 amide bonds. The lowest BCUT2D eigenvalue weighted by Gasteiger charge is -2.32. The Labute approximate surface area is 167 Å². The van der Waals surface area contributed by atoms with Gasteiger partial charge < -0.3 is 15.3 Å². The van der Waals surface area contributed by atoms with Crippen LogP contribution in [0.2, 0.25) is 0 Å². The van der Waals surface area contributed by atoms with Crippen molar-refractivity contribution in [2.75, 3.05) is 36.4 Å². The number of likely N-dealkylation sites (tertiary alicyclic amines) is 1. The van der Waals surface area contributed by atoms with Gasteiger partial charge in [0.1, 0.15) is 11.6 Å². The van der Waals surface area contributed by atoms with Crippen LogP contribution < -0.4 is 10.2 Å². The molecule has 0 unspecified atom stereocenters. The molecule has 6 nitrogen and oxygen atoms in total. The van der Waals surface area contributed by atoms with Crippen LogP contribution in [0, 0.1) is 0 Å². The number of nitrogens with zero attached hydrogens (tertiary/aromatic N) is 4. The fraction of sp³-hybridized carbons (Fsp3) is 0.545. The average molecular weight is 382 g/mol. The number of hydrogen-bond acceptors (Lipinski definition) is 6. The molecule has 0 aliphatic carbocycles. The minimum Gasteiger partial charge on any atom is -0.508 e. The smallest absolute Gasteiger partial charge is 0.224 e. The Kier molecular flexibility index (Phi) is 6.27. The first-order valence-corrected chi connectivity index (χ1v) is 10.6. The van der Waals surface area contributed by atoms with Crippen molar-refractivity contribution in [2.45, 2.75) is 51.1 Å². The molecule has 2 aliphatic heterocycles. The van der Waals surface area contributed by atoms with E-state index in [2.05, 4.69) is 20.1 Å². The summed E-state index contributed by atoms with van der Waals surface area (Å²) < 4.78 is 0. The molecule has 2 aromatic rings. The number of piperidine rings is 1. The number of nitrogens with one attached hydrogen (secondary N) is 1. The van der Waals surface area contributed by atoms with Gasteiger partial charge in [-0.05, 0) is 37.8 Å². The van der Waals surface area contributed by atoms with E-state index < -0.39 is 0 Å². The van der Waals surface area contributed by atoms with Gasteiger partial charge in [0.15, 0.2) is 0 Å².